The summed E-state index contributed by atoms with van der Waals surface area (Å²) in [7, 11) is 0. The first-order valence-electron chi connectivity index (χ1n) is 10.5. The van der Waals surface area contributed by atoms with Crippen molar-refractivity contribution in [1.29, 1.82) is 0 Å². The van der Waals surface area contributed by atoms with E-state index in [-0.39, 0.29) is 22.9 Å². The minimum atomic E-state index is 0.0756. The lowest BCUT2D eigenvalue weighted by molar-refractivity contribution is 0.236. The highest BCUT2D eigenvalue weighted by Gasteiger charge is 2.33. The molecule has 6 heteroatoms. The number of rotatable bonds is 4. The molecule has 0 aliphatic carbocycles. The van der Waals surface area contributed by atoms with Gasteiger partial charge in [0, 0.05) is 0 Å². The largest absolute Gasteiger partial charge is 0.475 e. The third kappa shape index (κ3) is 4.24. The molecule has 0 saturated heterocycles. The molecule has 0 saturated carbocycles. The molecule has 0 spiro atoms. The summed E-state index contributed by atoms with van der Waals surface area (Å²) in [6, 6.07) is 10.6. The van der Waals surface area contributed by atoms with E-state index in [1.807, 2.05) is 12.1 Å². The van der Waals surface area contributed by atoms with Gasteiger partial charge in [-0.25, -0.2) is 9.98 Å². The van der Waals surface area contributed by atoms with Crippen molar-refractivity contribution in [3.05, 3.63) is 46.2 Å². The number of nitrogens with one attached hydrogen (secondary N) is 1. The predicted molar refractivity (Wildman–Crippen MR) is 126 cm³/mol. The van der Waals surface area contributed by atoms with Crippen LogP contribution in [0.5, 0.6) is 0 Å². The fourth-order valence-corrected chi connectivity index (χ4v) is 4.20. The number of hydrogen-bond donors (Lipinski definition) is 1. The number of benzene rings is 1. The Morgan fingerprint density at radius 2 is 1.43 bits per heavy atom. The Hall–Kier alpha value is -2.34. The molecular weight excluding hydrogens is 394 g/mol. The number of thiophene rings is 1. The van der Waals surface area contributed by atoms with Crippen molar-refractivity contribution in [1.82, 2.24) is 0 Å². The quantitative estimate of drug-likeness (QED) is 0.666. The van der Waals surface area contributed by atoms with E-state index in [4.69, 9.17) is 19.5 Å². The number of anilines is 2. The van der Waals surface area contributed by atoms with Gasteiger partial charge in [0.25, 0.3) is 0 Å². The maximum atomic E-state index is 5.98. The second kappa shape index (κ2) is 7.73. The molecule has 2 atom stereocenters. The van der Waals surface area contributed by atoms with Crippen LogP contribution in [0.25, 0.3) is 0 Å². The van der Waals surface area contributed by atoms with Crippen LogP contribution in [0.3, 0.4) is 0 Å². The maximum Gasteiger partial charge on any atom is 0.229 e. The molecule has 1 aromatic heterocycles. The molecule has 4 rings (SSSR count). The van der Waals surface area contributed by atoms with Gasteiger partial charge >= 0.3 is 0 Å². The maximum absolute atomic E-state index is 5.98. The van der Waals surface area contributed by atoms with Crippen molar-refractivity contribution in [2.24, 2.45) is 20.8 Å². The van der Waals surface area contributed by atoms with Gasteiger partial charge in [-0.05, 0) is 34.4 Å². The Morgan fingerprint density at radius 3 is 2.07 bits per heavy atom. The van der Waals surface area contributed by atoms with Crippen molar-refractivity contribution in [3.63, 3.8) is 0 Å². The van der Waals surface area contributed by atoms with E-state index in [0.29, 0.717) is 19.1 Å². The molecular formula is C24H31N3O2S. The van der Waals surface area contributed by atoms with E-state index in [0.717, 1.165) is 27.7 Å². The Labute approximate surface area is 183 Å². The normalized spacial score (nSPS) is 21.7. The third-order valence-corrected chi connectivity index (χ3v) is 6.49. The topological polar surface area (TPSA) is 55.2 Å². The average molecular weight is 426 g/mol. The van der Waals surface area contributed by atoms with Crippen LogP contribution in [-0.2, 0) is 9.47 Å². The average Bonchev–Trinajstić information content (AvgIpc) is 3.41. The molecule has 5 nitrogen and oxygen atoms in total. The van der Waals surface area contributed by atoms with Gasteiger partial charge in [-0.2, -0.15) is 0 Å². The zero-order valence-corrected chi connectivity index (χ0v) is 19.5. The van der Waals surface area contributed by atoms with Crippen LogP contribution in [0.2, 0.25) is 0 Å². The molecule has 0 bridgehead atoms. The highest BCUT2D eigenvalue weighted by atomic mass is 32.1. The lowest BCUT2D eigenvalue weighted by Crippen LogP contribution is -2.25. The van der Waals surface area contributed by atoms with Crippen LogP contribution in [0.1, 0.15) is 52.0 Å². The lowest BCUT2D eigenvalue weighted by atomic mass is 9.88. The zero-order chi connectivity index (χ0) is 21.5. The molecule has 2 aromatic rings. The Kier molecular flexibility index (Phi) is 5.39. The molecule has 1 N–H and O–H groups in total. The fraction of sp³-hybridized carbons (Fsp3) is 0.500. The first kappa shape index (κ1) is 20.9. The Balaban J connectivity index is 1.61. The fourth-order valence-electron chi connectivity index (χ4n) is 3.40. The van der Waals surface area contributed by atoms with Gasteiger partial charge in [0.1, 0.15) is 18.1 Å². The molecule has 160 valence electrons. The Morgan fingerprint density at radius 1 is 0.833 bits per heavy atom. The summed E-state index contributed by atoms with van der Waals surface area (Å²) in [6.07, 6.45) is 0. The van der Waals surface area contributed by atoms with E-state index in [1.54, 1.807) is 11.3 Å². The summed E-state index contributed by atoms with van der Waals surface area (Å²) in [5.41, 5.74) is 3.10. The number of aliphatic imine (C=N–C) groups is 2. The molecule has 0 fully saturated rings. The second-order valence-electron chi connectivity index (χ2n) is 10.1. The number of hydrogen-bond acceptors (Lipinski definition) is 6. The molecule has 0 radical (unpaired) electrons. The monoisotopic (exact) mass is 425 g/mol. The van der Waals surface area contributed by atoms with Crippen LogP contribution in [0, 0.1) is 10.8 Å². The van der Waals surface area contributed by atoms with Crippen molar-refractivity contribution < 1.29 is 9.47 Å². The number of para-hydroxylation sites is 1. The summed E-state index contributed by atoms with van der Waals surface area (Å²) in [6.45, 7) is 14.4. The van der Waals surface area contributed by atoms with Gasteiger partial charge in [-0.1, -0.05) is 53.7 Å². The molecule has 2 aliphatic heterocycles. The summed E-state index contributed by atoms with van der Waals surface area (Å²) in [5, 5.41) is 5.64. The van der Waals surface area contributed by atoms with Crippen LogP contribution in [0.15, 0.2) is 45.7 Å². The van der Waals surface area contributed by atoms with E-state index >= 15 is 0 Å². The van der Waals surface area contributed by atoms with Gasteiger partial charge in [-0.3, -0.25) is 0 Å². The van der Waals surface area contributed by atoms with Crippen LogP contribution < -0.4 is 5.32 Å². The summed E-state index contributed by atoms with van der Waals surface area (Å²) < 4.78 is 12.0. The standard InChI is InChI=1S/C24H31N3O2S/c1-23(2,3)18-13-28-21(26-18)15-9-7-8-10-16(15)25-17-11-12-30-20(17)22-27-19(14-29-22)24(4,5)6/h7-12,18-19,25H,13-14H2,1-6H3/t18-,19-/m1/s1. The smallest absolute Gasteiger partial charge is 0.229 e. The summed E-state index contributed by atoms with van der Waals surface area (Å²) >= 11 is 1.64. The highest BCUT2D eigenvalue weighted by Crippen LogP contribution is 2.34. The second-order valence-corrected chi connectivity index (χ2v) is 11.0. The predicted octanol–water partition coefficient (Wildman–Crippen LogP) is 5.87. The van der Waals surface area contributed by atoms with Gasteiger partial charge in [-0.15, -0.1) is 11.3 Å². The minimum absolute atomic E-state index is 0.0756. The van der Waals surface area contributed by atoms with E-state index in [9.17, 15) is 0 Å². The summed E-state index contributed by atoms with van der Waals surface area (Å²) in [5.74, 6) is 1.43. The molecule has 0 unspecified atom stereocenters. The molecule has 2 aliphatic rings. The summed E-state index contributed by atoms with van der Waals surface area (Å²) in [4.78, 5) is 10.7. The van der Waals surface area contributed by atoms with Gasteiger partial charge in [0.05, 0.1) is 29.0 Å². The van der Waals surface area contributed by atoms with Crippen LogP contribution in [0.4, 0.5) is 11.4 Å². The molecule has 3 heterocycles. The van der Waals surface area contributed by atoms with Gasteiger partial charge in [0.2, 0.25) is 11.8 Å². The first-order chi connectivity index (χ1) is 14.1. The molecule has 30 heavy (non-hydrogen) atoms. The number of nitrogens with zero attached hydrogens (tertiary/aromatic N) is 2. The van der Waals surface area contributed by atoms with Crippen molar-refractivity contribution >= 4 is 34.5 Å². The highest BCUT2D eigenvalue weighted by molar-refractivity contribution is 7.12. The lowest BCUT2D eigenvalue weighted by Gasteiger charge is -2.21. The number of ether oxygens (including phenoxy) is 2. The van der Waals surface area contributed by atoms with Crippen molar-refractivity contribution in [2.75, 3.05) is 18.5 Å². The van der Waals surface area contributed by atoms with E-state index in [2.05, 4.69) is 70.4 Å². The third-order valence-electron chi connectivity index (χ3n) is 5.59. The van der Waals surface area contributed by atoms with Crippen molar-refractivity contribution in [3.8, 4) is 0 Å². The minimum Gasteiger partial charge on any atom is -0.475 e. The van der Waals surface area contributed by atoms with Gasteiger partial charge < -0.3 is 14.8 Å². The van der Waals surface area contributed by atoms with Crippen molar-refractivity contribution in [2.45, 2.75) is 53.6 Å². The SMILES string of the molecule is CC(C)(C)[C@H]1COC(c2ccccc2Nc2ccsc2C2=N[C@@H](C(C)(C)C)CO2)=N1. The van der Waals surface area contributed by atoms with E-state index < -0.39 is 0 Å². The van der Waals surface area contributed by atoms with Crippen LogP contribution in [-0.4, -0.2) is 37.1 Å². The molecule has 0 amide bonds. The molecule has 1 aromatic carbocycles. The Bertz CT molecular complexity index is 979. The van der Waals surface area contributed by atoms with Gasteiger partial charge in [0.15, 0.2) is 0 Å². The van der Waals surface area contributed by atoms with Crippen LogP contribution >= 0.6 is 11.3 Å². The zero-order valence-electron chi connectivity index (χ0n) is 18.7. The first-order valence-corrected chi connectivity index (χ1v) is 11.4. The van der Waals surface area contributed by atoms with E-state index in [1.165, 1.54) is 0 Å².